The fourth-order valence-corrected chi connectivity index (χ4v) is 5.91. The van der Waals surface area contributed by atoms with Crippen molar-refractivity contribution in [1.82, 2.24) is 14.9 Å². The third-order valence-electron chi connectivity index (χ3n) is 5.98. The minimum atomic E-state index is 0.681. The van der Waals surface area contributed by atoms with Crippen LogP contribution in [0.15, 0.2) is 18.2 Å². The first-order valence-electron chi connectivity index (χ1n) is 10.6. The number of hydrogen-bond donors (Lipinski definition) is 0. The number of hydrogen-bond acceptors (Lipinski definition) is 6. The first kappa shape index (κ1) is 20.2. The molecule has 0 N–H and O–H groups in total. The van der Waals surface area contributed by atoms with Gasteiger partial charge in [0.1, 0.15) is 16.4 Å². The molecule has 30 heavy (non-hydrogen) atoms. The number of ether oxygens (including phenoxy) is 2. The number of rotatable bonds is 4. The van der Waals surface area contributed by atoms with Gasteiger partial charge in [0.2, 0.25) is 5.88 Å². The van der Waals surface area contributed by atoms with Crippen molar-refractivity contribution in [2.75, 3.05) is 26.3 Å². The first-order chi connectivity index (χ1) is 14.6. The zero-order valence-electron chi connectivity index (χ0n) is 17.4. The maximum Gasteiger partial charge on any atom is 0.231 e. The summed E-state index contributed by atoms with van der Waals surface area (Å²) in [6, 6.07) is 5.71. The molecule has 0 saturated carbocycles. The number of aromatic nitrogens is 2. The standard InChI is InChI=1S/C23H26ClN3O2S/c1-14-3-5-17-19(11-14)30-23-21(17)22(29-18-6-4-16(24)12-15(18)2)25-20(26-23)13-27-7-9-28-10-8-27/h4,6,12,14H,3,5,7-11,13H2,1-2H3/t14-/m0/s1. The molecule has 1 fully saturated rings. The highest BCUT2D eigenvalue weighted by molar-refractivity contribution is 7.18. The Morgan fingerprint density at radius 1 is 1.27 bits per heavy atom. The van der Waals surface area contributed by atoms with Crippen LogP contribution >= 0.6 is 22.9 Å². The van der Waals surface area contributed by atoms with E-state index in [1.807, 2.05) is 36.5 Å². The molecule has 0 unspecified atom stereocenters. The smallest absolute Gasteiger partial charge is 0.231 e. The normalized spacial score (nSPS) is 19.8. The Morgan fingerprint density at radius 2 is 2.10 bits per heavy atom. The lowest BCUT2D eigenvalue weighted by Crippen LogP contribution is -2.36. The summed E-state index contributed by atoms with van der Waals surface area (Å²) >= 11 is 7.96. The Hall–Kier alpha value is -1.73. The first-order valence-corrected chi connectivity index (χ1v) is 11.8. The average Bonchev–Trinajstić information content (AvgIpc) is 3.08. The third kappa shape index (κ3) is 4.06. The molecule has 0 spiro atoms. The van der Waals surface area contributed by atoms with Crippen LogP contribution in [0.1, 0.15) is 35.2 Å². The van der Waals surface area contributed by atoms with Gasteiger partial charge in [0.15, 0.2) is 0 Å². The quantitative estimate of drug-likeness (QED) is 0.540. The molecular weight excluding hydrogens is 418 g/mol. The van der Waals surface area contributed by atoms with Crippen LogP contribution in [0.2, 0.25) is 5.02 Å². The predicted molar refractivity (Wildman–Crippen MR) is 121 cm³/mol. The van der Waals surface area contributed by atoms with Crippen LogP contribution < -0.4 is 4.74 Å². The second-order valence-corrected chi connectivity index (χ2v) is 9.90. The van der Waals surface area contributed by atoms with Gasteiger partial charge in [-0.15, -0.1) is 11.3 Å². The van der Waals surface area contributed by atoms with Crippen molar-refractivity contribution in [2.45, 2.75) is 39.7 Å². The minimum absolute atomic E-state index is 0.681. The molecule has 3 aromatic rings. The van der Waals surface area contributed by atoms with Crippen LogP contribution in [-0.4, -0.2) is 41.2 Å². The van der Waals surface area contributed by atoms with Gasteiger partial charge in [-0.3, -0.25) is 4.90 Å². The number of aryl methyl sites for hydroxylation is 2. The number of thiophene rings is 1. The molecule has 0 bridgehead atoms. The van der Waals surface area contributed by atoms with Crippen molar-refractivity contribution in [3.8, 4) is 11.6 Å². The van der Waals surface area contributed by atoms with E-state index in [0.717, 1.165) is 66.5 Å². The highest BCUT2D eigenvalue weighted by atomic mass is 35.5. The Labute approximate surface area is 186 Å². The van der Waals surface area contributed by atoms with E-state index in [-0.39, 0.29) is 0 Å². The van der Waals surface area contributed by atoms with Gasteiger partial charge in [-0.25, -0.2) is 4.98 Å². The second-order valence-electron chi connectivity index (χ2n) is 8.38. The van der Waals surface area contributed by atoms with Gasteiger partial charge < -0.3 is 9.47 Å². The maximum absolute atomic E-state index is 6.41. The van der Waals surface area contributed by atoms with E-state index in [9.17, 15) is 0 Å². The molecule has 5 rings (SSSR count). The lowest BCUT2D eigenvalue weighted by molar-refractivity contribution is 0.0330. The molecule has 158 valence electrons. The summed E-state index contributed by atoms with van der Waals surface area (Å²) in [6.07, 6.45) is 3.39. The van der Waals surface area contributed by atoms with Crippen molar-refractivity contribution in [3.63, 3.8) is 0 Å². The molecule has 2 aliphatic rings. The van der Waals surface area contributed by atoms with Crippen LogP contribution in [-0.2, 0) is 24.1 Å². The maximum atomic E-state index is 6.41. The van der Waals surface area contributed by atoms with Gasteiger partial charge in [-0.05, 0) is 61.4 Å². The van der Waals surface area contributed by atoms with Crippen LogP contribution in [0.3, 0.4) is 0 Å². The van der Waals surface area contributed by atoms with E-state index in [0.29, 0.717) is 23.4 Å². The number of morpholine rings is 1. The molecule has 0 radical (unpaired) electrons. The number of nitrogens with zero attached hydrogens (tertiary/aromatic N) is 3. The summed E-state index contributed by atoms with van der Waals surface area (Å²) in [4.78, 5) is 14.7. The Balaban J connectivity index is 1.57. The third-order valence-corrected chi connectivity index (χ3v) is 7.36. The number of benzene rings is 1. The molecule has 1 aliphatic heterocycles. The summed E-state index contributed by atoms with van der Waals surface area (Å²) in [5.74, 6) is 3.01. The highest BCUT2D eigenvalue weighted by Crippen LogP contribution is 2.42. The van der Waals surface area contributed by atoms with Gasteiger partial charge in [0.25, 0.3) is 0 Å². The van der Waals surface area contributed by atoms with Gasteiger partial charge >= 0.3 is 0 Å². The summed E-state index contributed by atoms with van der Waals surface area (Å²) in [5.41, 5.74) is 2.38. The summed E-state index contributed by atoms with van der Waals surface area (Å²) in [5, 5.41) is 1.81. The van der Waals surface area contributed by atoms with Gasteiger partial charge in [-0.1, -0.05) is 18.5 Å². The average molecular weight is 444 g/mol. The van der Waals surface area contributed by atoms with Crippen LogP contribution in [0.5, 0.6) is 11.6 Å². The van der Waals surface area contributed by atoms with Crippen LogP contribution in [0.25, 0.3) is 10.2 Å². The molecule has 1 saturated heterocycles. The van der Waals surface area contributed by atoms with Crippen molar-refractivity contribution in [2.24, 2.45) is 5.92 Å². The van der Waals surface area contributed by atoms with Gasteiger partial charge in [-0.2, -0.15) is 4.98 Å². The summed E-state index contributed by atoms with van der Waals surface area (Å²) in [7, 11) is 0. The number of fused-ring (bicyclic) bond motifs is 3. The van der Waals surface area contributed by atoms with Crippen LogP contribution in [0, 0.1) is 12.8 Å². The molecular formula is C23H26ClN3O2S. The monoisotopic (exact) mass is 443 g/mol. The van der Waals surface area contributed by atoms with Crippen molar-refractivity contribution in [1.29, 1.82) is 0 Å². The summed E-state index contributed by atoms with van der Waals surface area (Å²) in [6.45, 7) is 8.41. The molecule has 3 heterocycles. The molecule has 1 aromatic carbocycles. The topological polar surface area (TPSA) is 47.5 Å². The molecule has 2 aromatic heterocycles. The second kappa shape index (κ2) is 8.42. The Bertz CT molecular complexity index is 1080. The zero-order chi connectivity index (χ0) is 20.7. The van der Waals surface area contributed by atoms with E-state index < -0.39 is 0 Å². The zero-order valence-corrected chi connectivity index (χ0v) is 19.0. The summed E-state index contributed by atoms with van der Waals surface area (Å²) < 4.78 is 11.9. The van der Waals surface area contributed by atoms with Crippen molar-refractivity contribution in [3.05, 3.63) is 45.1 Å². The van der Waals surface area contributed by atoms with E-state index >= 15 is 0 Å². The minimum Gasteiger partial charge on any atom is -0.438 e. The van der Waals surface area contributed by atoms with Crippen molar-refractivity contribution < 1.29 is 9.47 Å². The lowest BCUT2D eigenvalue weighted by atomic mass is 9.89. The fourth-order valence-electron chi connectivity index (χ4n) is 4.29. The Morgan fingerprint density at radius 3 is 2.90 bits per heavy atom. The predicted octanol–water partition coefficient (Wildman–Crippen LogP) is 5.40. The van der Waals surface area contributed by atoms with E-state index in [4.69, 9.17) is 31.0 Å². The van der Waals surface area contributed by atoms with E-state index in [2.05, 4.69) is 11.8 Å². The molecule has 1 aliphatic carbocycles. The highest BCUT2D eigenvalue weighted by Gasteiger charge is 2.25. The largest absolute Gasteiger partial charge is 0.438 e. The van der Waals surface area contributed by atoms with E-state index in [1.165, 1.54) is 16.9 Å². The van der Waals surface area contributed by atoms with Gasteiger partial charge in [0.05, 0.1) is 25.1 Å². The van der Waals surface area contributed by atoms with Gasteiger partial charge in [0, 0.05) is 23.0 Å². The van der Waals surface area contributed by atoms with E-state index in [1.54, 1.807) is 0 Å². The molecule has 5 nitrogen and oxygen atoms in total. The molecule has 0 amide bonds. The molecule has 7 heteroatoms. The Kier molecular flexibility index (Phi) is 5.67. The molecule has 1 atom stereocenters. The fraction of sp³-hybridized carbons (Fsp3) is 0.478. The van der Waals surface area contributed by atoms with Crippen LogP contribution in [0.4, 0.5) is 0 Å². The van der Waals surface area contributed by atoms with Crippen molar-refractivity contribution >= 4 is 33.2 Å². The SMILES string of the molecule is Cc1cc(Cl)ccc1Oc1nc(CN2CCOCC2)nc2sc3c(c12)CC[C@H](C)C3. The lowest BCUT2D eigenvalue weighted by Gasteiger charge is -2.25. The number of halogens is 1.